The molecule has 2 aromatic carbocycles. The zero-order valence-corrected chi connectivity index (χ0v) is 22.2. The van der Waals surface area contributed by atoms with E-state index in [-0.39, 0.29) is 17.6 Å². The number of benzene rings is 2. The van der Waals surface area contributed by atoms with Crippen LogP contribution in [-0.4, -0.2) is 29.8 Å². The third kappa shape index (κ3) is 4.99. The SMILES string of the molecule is CCN(CC)c1ccc(C2C(C(=O)Nc3cccnc3)=C(C)NC3=C2C(=O)CC(c2ccccc2)C3)cc1. The number of aromatic nitrogens is 1. The van der Waals surface area contributed by atoms with E-state index in [0.717, 1.165) is 47.7 Å². The van der Waals surface area contributed by atoms with Gasteiger partial charge in [0.25, 0.3) is 5.91 Å². The van der Waals surface area contributed by atoms with E-state index in [9.17, 15) is 9.59 Å². The summed E-state index contributed by atoms with van der Waals surface area (Å²) in [5, 5.41) is 6.46. The fraction of sp³-hybridized carbons (Fsp3) is 0.281. The molecule has 0 spiro atoms. The number of nitrogens with zero attached hydrogens (tertiary/aromatic N) is 2. The quantitative estimate of drug-likeness (QED) is 0.416. The van der Waals surface area contributed by atoms with Crippen molar-refractivity contribution in [2.24, 2.45) is 0 Å². The van der Waals surface area contributed by atoms with Crippen molar-refractivity contribution in [2.75, 3.05) is 23.3 Å². The number of Topliss-reactive ketones (excluding diaryl/α,β-unsaturated/α-hetero) is 1. The van der Waals surface area contributed by atoms with Crippen LogP contribution in [0.1, 0.15) is 56.6 Å². The van der Waals surface area contributed by atoms with Gasteiger partial charge in [-0.25, -0.2) is 0 Å². The first-order chi connectivity index (χ1) is 18.5. The summed E-state index contributed by atoms with van der Waals surface area (Å²) in [6.45, 7) is 8.03. The highest BCUT2D eigenvalue weighted by Crippen LogP contribution is 2.45. The highest BCUT2D eigenvalue weighted by Gasteiger charge is 2.40. The van der Waals surface area contributed by atoms with Crippen LogP contribution in [0.3, 0.4) is 0 Å². The molecule has 0 radical (unpaired) electrons. The molecule has 6 heteroatoms. The van der Waals surface area contributed by atoms with Crippen molar-refractivity contribution >= 4 is 23.1 Å². The molecular weight excluding hydrogens is 472 g/mol. The Balaban J connectivity index is 1.56. The Labute approximate surface area is 224 Å². The van der Waals surface area contributed by atoms with E-state index in [1.807, 2.05) is 31.2 Å². The molecule has 2 N–H and O–H groups in total. The van der Waals surface area contributed by atoms with Gasteiger partial charge >= 0.3 is 0 Å². The number of rotatable bonds is 7. The van der Waals surface area contributed by atoms with Crippen molar-refractivity contribution in [3.05, 3.63) is 113 Å². The van der Waals surface area contributed by atoms with E-state index in [1.54, 1.807) is 18.5 Å². The monoisotopic (exact) mass is 506 g/mol. The standard InChI is InChI=1S/C32H34N4O2/c1-4-36(5-2)26-15-13-23(14-16-26)30-29(32(38)35-25-12-9-17-33-20-25)21(3)34-27-18-24(19-28(37)31(27)30)22-10-7-6-8-11-22/h6-17,20,24,30,34H,4-5,18-19H2,1-3H3,(H,35,38). The highest BCUT2D eigenvalue weighted by molar-refractivity contribution is 6.10. The molecule has 6 nitrogen and oxygen atoms in total. The van der Waals surface area contributed by atoms with Crippen LogP contribution >= 0.6 is 0 Å². The second-order valence-corrected chi connectivity index (χ2v) is 9.89. The Hall–Kier alpha value is -4.19. The molecule has 3 aromatic rings. The van der Waals surface area contributed by atoms with Gasteiger partial charge in [-0.2, -0.15) is 0 Å². The van der Waals surface area contributed by atoms with Crippen molar-refractivity contribution in [2.45, 2.75) is 45.4 Å². The lowest BCUT2D eigenvalue weighted by Gasteiger charge is -2.37. The van der Waals surface area contributed by atoms with Gasteiger partial charge in [0.15, 0.2) is 5.78 Å². The number of allylic oxidation sites excluding steroid dienone is 3. The van der Waals surface area contributed by atoms with E-state index in [4.69, 9.17) is 0 Å². The van der Waals surface area contributed by atoms with Gasteiger partial charge in [0.1, 0.15) is 0 Å². The van der Waals surface area contributed by atoms with Crippen LogP contribution in [0.5, 0.6) is 0 Å². The number of amides is 1. The van der Waals surface area contributed by atoms with E-state index >= 15 is 0 Å². The molecule has 0 saturated heterocycles. The summed E-state index contributed by atoms with van der Waals surface area (Å²) in [6, 6.07) is 22.1. The average molecular weight is 507 g/mol. The van der Waals surface area contributed by atoms with Gasteiger partial charge in [-0.05, 0) is 68.5 Å². The van der Waals surface area contributed by atoms with E-state index < -0.39 is 5.92 Å². The van der Waals surface area contributed by atoms with Gasteiger partial charge in [-0.1, -0.05) is 42.5 Å². The van der Waals surface area contributed by atoms with Crippen LogP contribution in [-0.2, 0) is 9.59 Å². The molecule has 2 unspecified atom stereocenters. The maximum Gasteiger partial charge on any atom is 0.254 e. The normalized spacial score (nSPS) is 19.1. The first kappa shape index (κ1) is 25.5. The molecule has 2 heterocycles. The predicted molar refractivity (Wildman–Crippen MR) is 152 cm³/mol. The molecule has 38 heavy (non-hydrogen) atoms. The number of carbonyl (C=O) groups is 2. The van der Waals surface area contributed by atoms with Gasteiger partial charge in [-0.15, -0.1) is 0 Å². The Morgan fingerprint density at radius 1 is 0.974 bits per heavy atom. The van der Waals surface area contributed by atoms with E-state index in [2.05, 4.69) is 70.8 Å². The maximum absolute atomic E-state index is 13.8. The molecule has 0 saturated carbocycles. The fourth-order valence-corrected chi connectivity index (χ4v) is 5.74. The number of hydrogen-bond acceptors (Lipinski definition) is 5. The Morgan fingerprint density at radius 2 is 1.71 bits per heavy atom. The molecule has 0 fully saturated rings. The van der Waals surface area contributed by atoms with Crippen molar-refractivity contribution in [1.82, 2.24) is 10.3 Å². The fourth-order valence-electron chi connectivity index (χ4n) is 5.74. The van der Waals surface area contributed by atoms with Crippen LogP contribution in [0.15, 0.2) is 102 Å². The Bertz CT molecular complexity index is 1370. The molecule has 1 amide bonds. The topological polar surface area (TPSA) is 74.3 Å². The number of pyridine rings is 1. The summed E-state index contributed by atoms with van der Waals surface area (Å²) in [7, 11) is 0. The minimum atomic E-state index is -0.446. The third-order valence-corrected chi connectivity index (χ3v) is 7.62. The van der Waals surface area contributed by atoms with E-state index in [0.29, 0.717) is 23.3 Å². The molecule has 1 aliphatic heterocycles. The van der Waals surface area contributed by atoms with Crippen molar-refractivity contribution in [3.63, 3.8) is 0 Å². The molecular formula is C32H34N4O2. The van der Waals surface area contributed by atoms with Gasteiger partial charge < -0.3 is 15.5 Å². The lowest BCUT2D eigenvalue weighted by atomic mass is 9.71. The first-order valence-corrected chi connectivity index (χ1v) is 13.3. The van der Waals surface area contributed by atoms with E-state index in [1.165, 1.54) is 0 Å². The Morgan fingerprint density at radius 3 is 2.37 bits per heavy atom. The zero-order valence-electron chi connectivity index (χ0n) is 22.2. The number of dihydropyridines is 1. The van der Waals surface area contributed by atoms with Crippen LogP contribution in [0.4, 0.5) is 11.4 Å². The van der Waals surface area contributed by atoms with Crippen molar-refractivity contribution in [3.8, 4) is 0 Å². The molecule has 1 aliphatic carbocycles. The average Bonchev–Trinajstić information content (AvgIpc) is 2.94. The van der Waals surface area contributed by atoms with Gasteiger partial charge in [0, 0.05) is 59.9 Å². The second-order valence-electron chi connectivity index (χ2n) is 9.89. The zero-order chi connectivity index (χ0) is 26.6. The second kappa shape index (κ2) is 11.1. The van der Waals surface area contributed by atoms with Gasteiger partial charge in [0.2, 0.25) is 0 Å². The minimum absolute atomic E-state index is 0.0876. The molecule has 5 rings (SSSR count). The van der Waals surface area contributed by atoms with Crippen LogP contribution in [0, 0.1) is 0 Å². The summed E-state index contributed by atoms with van der Waals surface area (Å²) in [4.78, 5) is 33.9. The lowest BCUT2D eigenvalue weighted by molar-refractivity contribution is -0.116. The van der Waals surface area contributed by atoms with Crippen LogP contribution in [0.2, 0.25) is 0 Å². The largest absolute Gasteiger partial charge is 0.372 e. The number of ketones is 1. The van der Waals surface area contributed by atoms with Gasteiger partial charge in [0.05, 0.1) is 11.9 Å². The predicted octanol–water partition coefficient (Wildman–Crippen LogP) is 5.93. The smallest absolute Gasteiger partial charge is 0.254 e. The number of hydrogen-bond donors (Lipinski definition) is 2. The van der Waals surface area contributed by atoms with Gasteiger partial charge in [-0.3, -0.25) is 14.6 Å². The summed E-state index contributed by atoms with van der Waals surface area (Å²) < 4.78 is 0. The summed E-state index contributed by atoms with van der Waals surface area (Å²) in [5.41, 5.74) is 6.81. The molecule has 0 bridgehead atoms. The minimum Gasteiger partial charge on any atom is -0.372 e. The Kier molecular flexibility index (Phi) is 7.40. The lowest BCUT2D eigenvalue weighted by Crippen LogP contribution is -2.37. The first-order valence-electron chi connectivity index (χ1n) is 13.3. The highest BCUT2D eigenvalue weighted by atomic mass is 16.2. The number of anilines is 2. The van der Waals surface area contributed by atoms with Crippen LogP contribution < -0.4 is 15.5 Å². The summed E-state index contributed by atoms with van der Waals surface area (Å²) >= 11 is 0. The van der Waals surface area contributed by atoms with Crippen LogP contribution in [0.25, 0.3) is 0 Å². The number of nitrogens with one attached hydrogen (secondary N) is 2. The summed E-state index contributed by atoms with van der Waals surface area (Å²) in [6.07, 6.45) is 4.45. The molecule has 194 valence electrons. The third-order valence-electron chi connectivity index (χ3n) is 7.62. The maximum atomic E-state index is 13.8. The molecule has 2 atom stereocenters. The summed E-state index contributed by atoms with van der Waals surface area (Å²) in [5.74, 6) is -0.480. The van der Waals surface area contributed by atoms with Crippen molar-refractivity contribution < 1.29 is 9.59 Å². The number of carbonyl (C=O) groups excluding carboxylic acids is 2. The van der Waals surface area contributed by atoms with Crippen molar-refractivity contribution in [1.29, 1.82) is 0 Å². The molecule has 1 aromatic heterocycles. The molecule has 2 aliphatic rings.